The fourth-order valence-electron chi connectivity index (χ4n) is 1.33. The summed E-state index contributed by atoms with van der Waals surface area (Å²) in [7, 11) is 5.58. The van der Waals surface area contributed by atoms with Crippen LogP contribution in [0.5, 0.6) is 0 Å². The fourth-order valence-corrected chi connectivity index (χ4v) is 2.00. The third kappa shape index (κ3) is 1.62. The molecule has 0 fully saturated rings. The average Bonchev–Trinajstić information content (AvgIpc) is 2.17. The Kier molecular flexibility index (Phi) is 2.38. The first kappa shape index (κ1) is 8.78. The van der Waals surface area contributed by atoms with Crippen LogP contribution >= 0.6 is 21.8 Å². The minimum atomic E-state index is 0.207. The zero-order chi connectivity index (χ0) is 9.26. The lowest BCUT2D eigenvalue weighted by Crippen LogP contribution is -2.17. The lowest BCUT2D eigenvalue weighted by atomic mass is 10.1. The maximum atomic E-state index is 9.50. The molecule has 2 nitrogen and oxygen atoms in total. The van der Waals surface area contributed by atoms with Crippen molar-refractivity contribution >= 4 is 27.9 Å². The van der Waals surface area contributed by atoms with Crippen LogP contribution in [0.25, 0.3) is 6.08 Å². The Morgan fingerprint density at radius 2 is 2.15 bits per heavy atom. The van der Waals surface area contributed by atoms with Crippen LogP contribution in [-0.2, 0) is 6.54 Å². The van der Waals surface area contributed by atoms with Crippen LogP contribution in [0.15, 0.2) is 30.1 Å². The van der Waals surface area contributed by atoms with E-state index in [-0.39, 0.29) is 5.88 Å². The van der Waals surface area contributed by atoms with E-state index < -0.39 is 0 Å². The van der Waals surface area contributed by atoms with E-state index >= 15 is 0 Å². The number of aliphatic hydroxyl groups excluding tert-OH is 1. The van der Waals surface area contributed by atoms with Crippen LogP contribution in [0.4, 0.5) is 0 Å². The van der Waals surface area contributed by atoms with Crippen molar-refractivity contribution in [1.82, 2.24) is 4.31 Å². The first-order valence-electron chi connectivity index (χ1n) is 3.86. The molecule has 1 aliphatic heterocycles. The second-order valence-electron chi connectivity index (χ2n) is 2.81. The molecule has 0 atom stereocenters. The average molecular weight is 214 g/mol. The summed E-state index contributed by atoms with van der Waals surface area (Å²) in [6.07, 6.45) is 1.72. The summed E-state index contributed by atoms with van der Waals surface area (Å²) >= 11 is 1.00. The molecule has 0 bridgehead atoms. The molecule has 13 heavy (non-hydrogen) atoms. The van der Waals surface area contributed by atoms with Crippen molar-refractivity contribution in [1.29, 1.82) is 0 Å². The largest absolute Gasteiger partial charge is 0.494 e. The first-order valence-corrected chi connectivity index (χ1v) is 5.46. The zero-order valence-electron chi connectivity index (χ0n) is 6.77. The van der Waals surface area contributed by atoms with Crippen molar-refractivity contribution in [3.8, 4) is 0 Å². The van der Waals surface area contributed by atoms with Gasteiger partial charge in [-0.1, -0.05) is 24.3 Å². The molecule has 1 heterocycles. The van der Waals surface area contributed by atoms with Gasteiger partial charge in [0.15, 0.2) is 5.88 Å². The molecule has 0 radical (unpaired) electrons. The monoisotopic (exact) mass is 213 g/mol. The van der Waals surface area contributed by atoms with Crippen molar-refractivity contribution < 1.29 is 5.11 Å². The van der Waals surface area contributed by atoms with Crippen molar-refractivity contribution in [3.63, 3.8) is 0 Å². The number of rotatable bonds is 1. The molecule has 0 saturated heterocycles. The Morgan fingerprint density at radius 3 is 2.92 bits per heavy atom. The quantitative estimate of drug-likeness (QED) is 0.725. The first-order chi connectivity index (χ1) is 6.31. The van der Waals surface area contributed by atoms with Gasteiger partial charge in [-0.25, -0.2) is 0 Å². The Bertz CT molecular complexity index is 353. The minimum absolute atomic E-state index is 0.207. The summed E-state index contributed by atoms with van der Waals surface area (Å²) in [4.78, 5) is 0. The molecule has 1 aromatic carbocycles. The van der Waals surface area contributed by atoms with Gasteiger partial charge in [-0.15, -0.1) is 0 Å². The fraction of sp³-hybridized carbons (Fsp3) is 0.111. The minimum Gasteiger partial charge on any atom is -0.494 e. The summed E-state index contributed by atoms with van der Waals surface area (Å²) in [6.45, 7) is 0.646. The normalized spacial score (nSPS) is 15.2. The highest BCUT2D eigenvalue weighted by atomic mass is 35.7. The molecule has 0 spiro atoms. The highest BCUT2D eigenvalue weighted by Gasteiger charge is 2.16. The van der Waals surface area contributed by atoms with E-state index in [1.165, 1.54) is 5.56 Å². The van der Waals surface area contributed by atoms with Crippen molar-refractivity contribution in [3.05, 3.63) is 41.3 Å². The molecule has 0 aliphatic carbocycles. The van der Waals surface area contributed by atoms with Gasteiger partial charge in [0.1, 0.15) is 0 Å². The van der Waals surface area contributed by atoms with Gasteiger partial charge in [-0.2, -0.15) is 0 Å². The summed E-state index contributed by atoms with van der Waals surface area (Å²) < 4.78 is 1.63. The molecule has 68 valence electrons. The maximum absolute atomic E-state index is 9.50. The molecule has 0 saturated carbocycles. The second kappa shape index (κ2) is 3.52. The van der Waals surface area contributed by atoms with Crippen LogP contribution in [0.1, 0.15) is 11.1 Å². The Labute approximate surface area is 85.5 Å². The number of aliphatic hydroxyl groups is 1. The lowest BCUT2D eigenvalue weighted by molar-refractivity contribution is 0.295. The molecule has 0 aromatic heterocycles. The number of fused-ring (bicyclic) bond motifs is 1. The van der Waals surface area contributed by atoms with Crippen molar-refractivity contribution in [2.75, 3.05) is 0 Å². The maximum Gasteiger partial charge on any atom is 0.198 e. The highest BCUT2D eigenvalue weighted by Crippen LogP contribution is 2.29. The van der Waals surface area contributed by atoms with E-state index in [1.807, 2.05) is 24.3 Å². The van der Waals surface area contributed by atoms with E-state index in [0.29, 0.717) is 6.54 Å². The van der Waals surface area contributed by atoms with Crippen LogP contribution < -0.4 is 0 Å². The summed E-state index contributed by atoms with van der Waals surface area (Å²) in [5.41, 5.74) is 2.23. The van der Waals surface area contributed by atoms with Gasteiger partial charge in [0, 0.05) is 6.08 Å². The van der Waals surface area contributed by atoms with E-state index in [1.54, 1.807) is 10.4 Å². The van der Waals surface area contributed by atoms with Crippen molar-refractivity contribution in [2.45, 2.75) is 6.54 Å². The van der Waals surface area contributed by atoms with Gasteiger partial charge in [0.25, 0.3) is 0 Å². The van der Waals surface area contributed by atoms with Crippen molar-refractivity contribution in [2.24, 2.45) is 0 Å². The van der Waals surface area contributed by atoms with Gasteiger partial charge in [-0.3, -0.25) is 4.31 Å². The van der Waals surface area contributed by atoms with Crippen LogP contribution in [-0.4, -0.2) is 9.41 Å². The third-order valence-electron chi connectivity index (χ3n) is 1.99. The van der Waals surface area contributed by atoms with E-state index in [9.17, 15) is 5.11 Å². The summed E-state index contributed by atoms with van der Waals surface area (Å²) in [5.74, 6) is 0.207. The SMILES string of the molecule is OC1=Cc2ccccc2CN1SCl. The second-order valence-corrected chi connectivity index (χ2v) is 3.80. The molecule has 1 N–H and O–H groups in total. The highest BCUT2D eigenvalue weighted by molar-refractivity contribution is 8.19. The van der Waals surface area contributed by atoms with Crippen LogP contribution in [0, 0.1) is 0 Å². The van der Waals surface area contributed by atoms with Gasteiger partial charge >= 0.3 is 0 Å². The predicted molar refractivity (Wildman–Crippen MR) is 56.0 cm³/mol. The zero-order valence-corrected chi connectivity index (χ0v) is 8.35. The Hall–Kier alpha value is -0.800. The number of nitrogens with zero attached hydrogens (tertiary/aromatic N) is 1. The molecular weight excluding hydrogens is 206 g/mol. The van der Waals surface area contributed by atoms with Crippen LogP contribution in [0.3, 0.4) is 0 Å². The van der Waals surface area contributed by atoms with Gasteiger partial charge in [0.2, 0.25) is 0 Å². The molecular formula is C9H8ClNOS. The number of halogens is 1. The van der Waals surface area contributed by atoms with Gasteiger partial charge in [0.05, 0.1) is 17.7 Å². The number of benzene rings is 1. The van der Waals surface area contributed by atoms with Crippen LogP contribution in [0.2, 0.25) is 0 Å². The summed E-state index contributed by atoms with van der Waals surface area (Å²) in [6, 6.07) is 7.93. The third-order valence-corrected chi connectivity index (χ3v) is 2.98. The number of hydrogen-bond donors (Lipinski definition) is 1. The molecule has 1 aromatic rings. The number of hydrogen-bond acceptors (Lipinski definition) is 3. The van der Waals surface area contributed by atoms with Gasteiger partial charge in [-0.05, 0) is 21.8 Å². The predicted octanol–water partition coefficient (Wildman–Crippen LogP) is 3.16. The lowest BCUT2D eigenvalue weighted by Gasteiger charge is -2.23. The molecule has 2 rings (SSSR count). The van der Waals surface area contributed by atoms with E-state index in [0.717, 1.165) is 16.7 Å². The van der Waals surface area contributed by atoms with E-state index in [2.05, 4.69) is 0 Å². The Balaban J connectivity index is 2.40. The topological polar surface area (TPSA) is 23.5 Å². The standard InChI is InChI=1S/C9H8ClNOS/c10-13-11-6-8-4-2-1-3-7(8)5-9(11)12/h1-5,12H,6H2. The smallest absolute Gasteiger partial charge is 0.198 e. The molecule has 0 amide bonds. The summed E-state index contributed by atoms with van der Waals surface area (Å²) in [5, 5.41) is 9.50. The molecule has 4 heteroatoms. The molecule has 0 unspecified atom stereocenters. The molecule has 1 aliphatic rings. The van der Waals surface area contributed by atoms with Gasteiger partial charge < -0.3 is 5.11 Å². The van der Waals surface area contributed by atoms with E-state index in [4.69, 9.17) is 10.7 Å². The Morgan fingerprint density at radius 1 is 1.38 bits per heavy atom.